The van der Waals surface area contributed by atoms with Crippen molar-refractivity contribution in [3.63, 3.8) is 0 Å². The summed E-state index contributed by atoms with van der Waals surface area (Å²) < 4.78 is 0.949. The zero-order valence-corrected chi connectivity index (χ0v) is 14.7. The first-order valence-electron chi connectivity index (χ1n) is 6.44. The van der Waals surface area contributed by atoms with Crippen molar-refractivity contribution in [1.29, 1.82) is 0 Å². The number of carbonyl (C=O) groups is 1. The molecule has 0 aromatic heterocycles. The van der Waals surface area contributed by atoms with E-state index in [-0.39, 0.29) is 17.8 Å². The second-order valence-electron chi connectivity index (χ2n) is 5.83. The highest BCUT2D eigenvalue weighted by molar-refractivity contribution is 8.22. The number of nitrogens with zero attached hydrogens (tertiary/aromatic N) is 2. The summed E-state index contributed by atoms with van der Waals surface area (Å²) >= 11 is 7.06. The van der Waals surface area contributed by atoms with E-state index >= 15 is 0 Å². The zero-order valence-electron chi connectivity index (χ0n) is 12.3. The van der Waals surface area contributed by atoms with Crippen molar-refractivity contribution < 1.29 is 4.79 Å². The van der Waals surface area contributed by atoms with Crippen LogP contribution in [0.25, 0.3) is 0 Å². The molecule has 0 spiro atoms. The third-order valence-electron chi connectivity index (χ3n) is 3.15. The molecule has 3 nitrogen and oxygen atoms in total. The molecular formula is C13H25ClN2OS2. The molecule has 6 heteroatoms. The van der Waals surface area contributed by atoms with Gasteiger partial charge in [0.15, 0.2) is 0 Å². The predicted octanol–water partition coefficient (Wildman–Crippen LogP) is 2.68. The molecule has 112 valence electrons. The Morgan fingerprint density at radius 1 is 1.21 bits per heavy atom. The molecule has 1 aliphatic rings. The van der Waals surface area contributed by atoms with Crippen molar-refractivity contribution in [2.24, 2.45) is 5.41 Å². The number of carbonyl (C=O) groups excluding carboxylic acids is 1. The fourth-order valence-corrected chi connectivity index (χ4v) is 2.95. The van der Waals surface area contributed by atoms with Crippen LogP contribution in [0.15, 0.2) is 0 Å². The number of hydrogen-bond acceptors (Lipinski definition) is 4. The number of ketones is 1. The number of halogens is 1. The maximum Gasteiger partial charge on any atom is 0.139 e. The second kappa shape index (κ2) is 8.45. The van der Waals surface area contributed by atoms with E-state index < -0.39 is 0 Å². The van der Waals surface area contributed by atoms with E-state index in [0.29, 0.717) is 12.2 Å². The molecule has 0 N–H and O–H groups in total. The normalized spacial score (nSPS) is 16.9. The first kappa shape index (κ1) is 19.2. The van der Waals surface area contributed by atoms with E-state index in [1.807, 2.05) is 20.8 Å². The third-order valence-corrected chi connectivity index (χ3v) is 4.68. The minimum absolute atomic E-state index is 0. The van der Waals surface area contributed by atoms with Gasteiger partial charge in [-0.3, -0.25) is 4.79 Å². The van der Waals surface area contributed by atoms with E-state index in [1.165, 1.54) is 0 Å². The minimum atomic E-state index is -0.226. The SMILES string of the molecule is CN1CCN(C(=S)SCCC(=O)C(C)(C)C)CC1.Cl. The van der Waals surface area contributed by atoms with Crippen LogP contribution >= 0.6 is 36.4 Å². The lowest BCUT2D eigenvalue weighted by molar-refractivity contribution is -0.125. The molecule has 1 aliphatic heterocycles. The Balaban J connectivity index is 0.00000324. The summed E-state index contributed by atoms with van der Waals surface area (Å²) in [4.78, 5) is 16.4. The lowest BCUT2D eigenvalue weighted by Gasteiger charge is -2.33. The highest BCUT2D eigenvalue weighted by Gasteiger charge is 2.21. The summed E-state index contributed by atoms with van der Waals surface area (Å²) in [6.45, 7) is 10.1. The summed E-state index contributed by atoms with van der Waals surface area (Å²) in [7, 11) is 2.13. The number of rotatable bonds is 3. The predicted molar refractivity (Wildman–Crippen MR) is 90.5 cm³/mol. The summed E-state index contributed by atoms with van der Waals surface area (Å²) in [5.41, 5.74) is -0.226. The number of Topliss-reactive ketones (excluding diaryl/α,β-unsaturated/α-hetero) is 1. The molecule has 0 atom stereocenters. The van der Waals surface area contributed by atoms with Gasteiger partial charge in [-0.25, -0.2) is 0 Å². The fraction of sp³-hybridized carbons (Fsp3) is 0.846. The van der Waals surface area contributed by atoms with Gasteiger partial charge in [0, 0.05) is 43.8 Å². The van der Waals surface area contributed by atoms with Crippen LogP contribution in [0.3, 0.4) is 0 Å². The molecule has 1 heterocycles. The summed E-state index contributed by atoms with van der Waals surface area (Å²) in [6.07, 6.45) is 0.613. The van der Waals surface area contributed by atoms with Crippen molar-refractivity contribution >= 4 is 46.5 Å². The Morgan fingerprint density at radius 3 is 2.21 bits per heavy atom. The number of thiocarbonyl (C=S) groups is 1. The first-order chi connectivity index (χ1) is 8.30. The third kappa shape index (κ3) is 6.93. The van der Waals surface area contributed by atoms with E-state index in [4.69, 9.17) is 12.2 Å². The average molecular weight is 325 g/mol. The largest absolute Gasteiger partial charge is 0.355 e. The van der Waals surface area contributed by atoms with Crippen molar-refractivity contribution in [3.8, 4) is 0 Å². The van der Waals surface area contributed by atoms with Crippen LogP contribution in [0.2, 0.25) is 0 Å². The van der Waals surface area contributed by atoms with Gasteiger partial charge in [0.25, 0.3) is 0 Å². The van der Waals surface area contributed by atoms with E-state index in [1.54, 1.807) is 11.8 Å². The first-order valence-corrected chi connectivity index (χ1v) is 7.83. The van der Waals surface area contributed by atoms with Crippen LogP contribution < -0.4 is 0 Å². The fourth-order valence-electron chi connectivity index (χ4n) is 1.69. The molecule has 0 saturated carbocycles. The summed E-state index contributed by atoms with van der Waals surface area (Å²) in [6, 6.07) is 0. The lowest BCUT2D eigenvalue weighted by atomic mass is 9.89. The van der Waals surface area contributed by atoms with Gasteiger partial charge in [-0.05, 0) is 7.05 Å². The van der Waals surface area contributed by atoms with Crippen molar-refractivity contribution in [1.82, 2.24) is 9.80 Å². The molecular weight excluding hydrogens is 300 g/mol. The van der Waals surface area contributed by atoms with Crippen molar-refractivity contribution in [2.45, 2.75) is 27.2 Å². The van der Waals surface area contributed by atoms with Crippen molar-refractivity contribution in [2.75, 3.05) is 39.0 Å². The van der Waals surface area contributed by atoms with E-state index in [9.17, 15) is 4.79 Å². The summed E-state index contributed by atoms with van der Waals surface area (Å²) in [5.74, 6) is 1.12. The molecule has 19 heavy (non-hydrogen) atoms. The standard InChI is InChI=1S/C13H24N2OS2.ClH/c1-13(2,3)11(16)5-10-18-12(17)15-8-6-14(4)7-9-15;/h5-10H2,1-4H3;1H. The molecule has 0 aromatic carbocycles. The number of hydrogen-bond donors (Lipinski definition) is 0. The number of thioether (sulfide) groups is 1. The van der Waals surface area contributed by atoms with Crippen LogP contribution in [0.4, 0.5) is 0 Å². The van der Waals surface area contributed by atoms with E-state index in [2.05, 4.69) is 16.8 Å². The topological polar surface area (TPSA) is 23.6 Å². The van der Waals surface area contributed by atoms with Crippen LogP contribution in [0, 0.1) is 5.41 Å². The molecule has 1 rings (SSSR count). The maximum absolute atomic E-state index is 11.8. The molecule has 0 radical (unpaired) electrons. The van der Waals surface area contributed by atoms with Gasteiger partial charge in [0.2, 0.25) is 0 Å². The smallest absolute Gasteiger partial charge is 0.139 e. The molecule has 0 aliphatic carbocycles. The van der Waals surface area contributed by atoms with Gasteiger partial charge in [0.05, 0.1) is 0 Å². The Labute approximate surface area is 132 Å². The maximum atomic E-state index is 11.8. The van der Waals surface area contributed by atoms with Gasteiger partial charge in [-0.2, -0.15) is 0 Å². The van der Waals surface area contributed by atoms with Crippen LogP contribution in [0.5, 0.6) is 0 Å². The highest BCUT2D eigenvalue weighted by atomic mass is 35.5. The Hall–Kier alpha value is 0.160. The van der Waals surface area contributed by atoms with Gasteiger partial charge in [-0.1, -0.05) is 44.8 Å². The minimum Gasteiger partial charge on any atom is -0.355 e. The Kier molecular flexibility index (Phi) is 8.52. The second-order valence-corrected chi connectivity index (χ2v) is 7.56. The number of likely N-dealkylation sites (N-methyl/N-ethyl adjacent to an activating group) is 1. The molecule has 1 saturated heterocycles. The molecule has 0 amide bonds. The molecule has 1 fully saturated rings. The van der Waals surface area contributed by atoms with E-state index in [0.717, 1.165) is 36.3 Å². The van der Waals surface area contributed by atoms with Crippen molar-refractivity contribution in [3.05, 3.63) is 0 Å². The molecule has 0 unspecified atom stereocenters. The van der Waals surface area contributed by atoms with Crippen LogP contribution in [0.1, 0.15) is 27.2 Å². The quantitative estimate of drug-likeness (QED) is 0.743. The zero-order chi connectivity index (χ0) is 13.8. The lowest BCUT2D eigenvalue weighted by Crippen LogP contribution is -2.45. The number of piperazine rings is 1. The highest BCUT2D eigenvalue weighted by Crippen LogP contribution is 2.19. The monoisotopic (exact) mass is 324 g/mol. The van der Waals surface area contributed by atoms with Gasteiger partial charge < -0.3 is 9.80 Å². The van der Waals surface area contributed by atoms with Gasteiger partial charge >= 0.3 is 0 Å². The molecule has 0 bridgehead atoms. The van der Waals surface area contributed by atoms with Gasteiger partial charge in [0.1, 0.15) is 10.1 Å². The van der Waals surface area contributed by atoms with Crippen LogP contribution in [-0.2, 0) is 4.79 Å². The van der Waals surface area contributed by atoms with Gasteiger partial charge in [-0.15, -0.1) is 12.4 Å². The average Bonchev–Trinajstić information content (AvgIpc) is 2.28. The Morgan fingerprint density at radius 2 is 1.74 bits per heavy atom. The summed E-state index contributed by atoms with van der Waals surface area (Å²) in [5, 5.41) is 0. The van der Waals surface area contributed by atoms with Crippen LogP contribution in [-0.4, -0.2) is 58.9 Å². The molecule has 0 aromatic rings. The Bertz CT molecular complexity index is 310.